The second-order valence-corrected chi connectivity index (χ2v) is 6.86. The largest absolute Gasteiger partial charge is 0.381 e. The molecular formula is C18H34IN5O3. The van der Waals surface area contributed by atoms with E-state index in [0.29, 0.717) is 24.8 Å². The fourth-order valence-electron chi connectivity index (χ4n) is 2.66. The molecule has 1 fully saturated rings. The minimum Gasteiger partial charge on any atom is -0.381 e. The molecule has 0 radical (unpaired) electrons. The van der Waals surface area contributed by atoms with Gasteiger partial charge in [-0.15, -0.1) is 24.0 Å². The molecule has 1 aliphatic rings. The molecule has 1 aliphatic heterocycles. The maximum atomic E-state index is 5.77. The highest BCUT2D eigenvalue weighted by Crippen LogP contribution is 2.14. The highest BCUT2D eigenvalue weighted by molar-refractivity contribution is 14.0. The van der Waals surface area contributed by atoms with Crippen molar-refractivity contribution < 1.29 is 14.0 Å². The minimum absolute atomic E-state index is 0. The number of aromatic nitrogens is 2. The smallest absolute Gasteiger partial charge is 0.228 e. The Labute approximate surface area is 179 Å². The summed E-state index contributed by atoms with van der Waals surface area (Å²) in [5.74, 6) is 3.12. The number of nitrogens with one attached hydrogen (secondary N) is 2. The quantitative estimate of drug-likeness (QED) is 0.223. The highest BCUT2D eigenvalue weighted by Gasteiger charge is 2.13. The molecule has 2 heterocycles. The second-order valence-electron chi connectivity index (χ2n) is 6.86. The minimum atomic E-state index is 0. The Morgan fingerprint density at radius 3 is 2.67 bits per heavy atom. The fourth-order valence-corrected chi connectivity index (χ4v) is 2.66. The van der Waals surface area contributed by atoms with Crippen molar-refractivity contribution >= 4 is 29.9 Å². The van der Waals surface area contributed by atoms with Gasteiger partial charge in [0.05, 0.1) is 0 Å². The van der Waals surface area contributed by atoms with Crippen LogP contribution in [0.25, 0.3) is 0 Å². The number of halogens is 1. The van der Waals surface area contributed by atoms with Crippen molar-refractivity contribution in [2.45, 2.75) is 45.4 Å². The van der Waals surface area contributed by atoms with Crippen molar-refractivity contribution in [3.05, 3.63) is 11.7 Å². The summed E-state index contributed by atoms with van der Waals surface area (Å²) in [7, 11) is 1.76. The van der Waals surface area contributed by atoms with Gasteiger partial charge in [-0.2, -0.15) is 4.98 Å². The molecule has 0 amide bonds. The lowest BCUT2D eigenvalue weighted by atomic mass is 10.0. The zero-order valence-electron chi connectivity index (χ0n) is 16.7. The number of aliphatic imine (C=N–C) groups is 1. The van der Waals surface area contributed by atoms with Crippen molar-refractivity contribution in [1.82, 2.24) is 20.8 Å². The van der Waals surface area contributed by atoms with Crippen molar-refractivity contribution in [1.29, 1.82) is 0 Å². The summed E-state index contributed by atoms with van der Waals surface area (Å²) in [6.07, 6.45) is 3.86. The number of guanidine groups is 1. The Balaban J connectivity index is 0.00000364. The molecule has 156 valence electrons. The normalized spacial score (nSPS) is 15.6. The van der Waals surface area contributed by atoms with Gasteiger partial charge in [-0.3, -0.25) is 4.99 Å². The Morgan fingerprint density at radius 2 is 2.00 bits per heavy atom. The topological polar surface area (TPSA) is 93.8 Å². The fraction of sp³-hybridized carbons (Fsp3) is 0.833. The van der Waals surface area contributed by atoms with Crippen LogP contribution in [0.2, 0.25) is 0 Å². The zero-order chi connectivity index (χ0) is 18.6. The monoisotopic (exact) mass is 495 g/mol. The van der Waals surface area contributed by atoms with E-state index in [0.717, 1.165) is 64.0 Å². The van der Waals surface area contributed by atoms with E-state index in [4.69, 9.17) is 14.0 Å². The van der Waals surface area contributed by atoms with Gasteiger partial charge in [0.15, 0.2) is 11.8 Å². The van der Waals surface area contributed by atoms with Crippen LogP contribution in [0.1, 0.15) is 50.7 Å². The van der Waals surface area contributed by atoms with E-state index in [1.165, 1.54) is 0 Å². The SMILES string of the molecule is CN=C(NCCCOCC1CCOCC1)NCCc1nc(C(C)C)no1.I. The van der Waals surface area contributed by atoms with E-state index in [-0.39, 0.29) is 29.9 Å². The average molecular weight is 495 g/mol. The van der Waals surface area contributed by atoms with Crippen molar-refractivity contribution in [2.24, 2.45) is 10.9 Å². The molecule has 0 unspecified atom stereocenters. The first-order valence-electron chi connectivity index (χ1n) is 9.61. The van der Waals surface area contributed by atoms with Crippen LogP contribution in [-0.4, -0.2) is 62.7 Å². The maximum absolute atomic E-state index is 5.77. The number of rotatable bonds is 10. The molecular weight excluding hydrogens is 461 g/mol. The predicted octanol–water partition coefficient (Wildman–Crippen LogP) is 2.35. The third-order valence-electron chi connectivity index (χ3n) is 4.31. The third-order valence-corrected chi connectivity index (χ3v) is 4.31. The summed E-state index contributed by atoms with van der Waals surface area (Å²) < 4.78 is 16.4. The lowest BCUT2D eigenvalue weighted by molar-refractivity contribution is 0.0203. The van der Waals surface area contributed by atoms with Gasteiger partial charge in [0.1, 0.15) is 0 Å². The predicted molar refractivity (Wildman–Crippen MR) is 116 cm³/mol. The molecule has 1 saturated heterocycles. The standard InChI is InChI=1S/C18H33N5O3.HI/c1-14(2)17-22-16(26-23-17)5-9-21-18(19-3)20-8-4-10-25-13-15-6-11-24-12-7-15;/h14-15H,4-13H2,1-3H3,(H2,19,20,21);1H. The van der Waals surface area contributed by atoms with Gasteiger partial charge >= 0.3 is 0 Å². The molecule has 2 rings (SSSR count). The van der Waals surface area contributed by atoms with E-state index < -0.39 is 0 Å². The van der Waals surface area contributed by atoms with E-state index >= 15 is 0 Å². The first kappa shape index (κ1) is 24.1. The molecule has 0 atom stereocenters. The van der Waals surface area contributed by atoms with Gasteiger partial charge < -0.3 is 24.6 Å². The highest BCUT2D eigenvalue weighted by atomic mass is 127. The molecule has 0 bridgehead atoms. The lowest BCUT2D eigenvalue weighted by Gasteiger charge is -2.21. The summed E-state index contributed by atoms with van der Waals surface area (Å²) in [6.45, 7) is 8.98. The van der Waals surface area contributed by atoms with Crippen molar-refractivity contribution in [3.63, 3.8) is 0 Å². The van der Waals surface area contributed by atoms with Crippen LogP contribution in [-0.2, 0) is 15.9 Å². The average Bonchev–Trinajstić information content (AvgIpc) is 3.13. The van der Waals surface area contributed by atoms with Gasteiger partial charge in [-0.1, -0.05) is 19.0 Å². The van der Waals surface area contributed by atoms with E-state index in [9.17, 15) is 0 Å². The summed E-state index contributed by atoms with van der Waals surface area (Å²) in [5.41, 5.74) is 0. The number of hydrogen-bond donors (Lipinski definition) is 2. The Kier molecular flexibility index (Phi) is 12.6. The van der Waals surface area contributed by atoms with Crippen LogP contribution in [0, 0.1) is 5.92 Å². The molecule has 2 N–H and O–H groups in total. The van der Waals surface area contributed by atoms with E-state index in [1.54, 1.807) is 7.05 Å². The molecule has 1 aromatic heterocycles. The third kappa shape index (κ3) is 9.70. The van der Waals surface area contributed by atoms with Gasteiger partial charge in [0, 0.05) is 58.9 Å². The van der Waals surface area contributed by atoms with Gasteiger partial charge in [0.2, 0.25) is 5.89 Å². The van der Waals surface area contributed by atoms with Crippen LogP contribution >= 0.6 is 24.0 Å². The van der Waals surface area contributed by atoms with Crippen LogP contribution in [0.4, 0.5) is 0 Å². The number of ether oxygens (including phenoxy) is 2. The first-order chi connectivity index (χ1) is 12.7. The molecule has 27 heavy (non-hydrogen) atoms. The van der Waals surface area contributed by atoms with E-state index in [2.05, 4.69) is 25.8 Å². The number of nitrogens with zero attached hydrogens (tertiary/aromatic N) is 3. The number of hydrogen-bond acceptors (Lipinski definition) is 6. The first-order valence-corrected chi connectivity index (χ1v) is 9.61. The molecule has 0 saturated carbocycles. The van der Waals surface area contributed by atoms with Crippen LogP contribution in [0.5, 0.6) is 0 Å². The Hall–Kier alpha value is -0.940. The van der Waals surface area contributed by atoms with Crippen LogP contribution in [0.15, 0.2) is 9.52 Å². The summed E-state index contributed by atoms with van der Waals surface area (Å²) >= 11 is 0. The summed E-state index contributed by atoms with van der Waals surface area (Å²) in [5, 5.41) is 10.5. The van der Waals surface area contributed by atoms with Crippen LogP contribution in [0.3, 0.4) is 0 Å². The molecule has 0 aromatic carbocycles. The molecule has 9 heteroatoms. The summed E-state index contributed by atoms with van der Waals surface area (Å²) in [4.78, 5) is 8.58. The molecule has 0 spiro atoms. The van der Waals surface area contributed by atoms with Crippen LogP contribution < -0.4 is 10.6 Å². The van der Waals surface area contributed by atoms with Gasteiger partial charge in [0.25, 0.3) is 0 Å². The van der Waals surface area contributed by atoms with Gasteiger partial charge in [-0.25, -0.2) is 0 Å². The van der Waals surface area contributed by atoms with E-state index in [1.807, 2.05) is 13.8 Å². The Morgan fingerprint density at radius 1 is 1.26 bits per heavy atom. The lowest BCUT2D eigenvalue weighted by Crippen LogP contribution is -2.39. The van der Waals surface area contributed by atoms with Crippen molar-refractivity contribution in [2.75, 3.05) is 46.6 Å². The van der Waals surface area contributed by atoms with Gasteiger partial charge in [-0.05, 0) is 25.2 Å². The second kappa shape index (κ2) is 14.1. The summed E-state index contributed by atoms with van der Waals surface area (Å²) in [6, 6.07) is 0. The Bertz CT molecular complexity index is 533. The van der Waals surface area contributed by atoms with Crippen molar-refractivity contribution in [3.8, 4) is 0 Å². The zero-order valence-corrected chi connectivity index (χ0v) is 19.0. The maximum Gasteiger partial charge on any atom is 0.228 e. The molecule has 1 aromatic rings. The molecule has 8 nitrogen and oxygen atoms in total. The molecule has 0 aliphatic carbocycles.